The number of alkyl carbamates (subject to hydrolysis) is 1. The van der Waals surface area contributed by atoms with E-state index in [4.69, 9.17) is 9.47 Å². The molecular weight excluding hydrogens is 448 g/mol. The number of carbonyl (C=O) groups excluding carboxylic acids is 2. The minimum absolute atomic E-state index is 0.0353. The predicted molar refractivity (Wildman–Crippen MR) is 128 cm³/mol. The van der Waals surface area contributed by atoms with E-state index in [0.29, 0.717) is 12.8 Å². The number of carbonyl (C=O) groups is 3. The van der Waals surface area contributed by atoms with E-state index in [0.717, 1.165) is 28.7 Å². The standard InChI is InChI=1S/C27H30N2O6/c1-27(25(31)32)15-34-14-23(27)29-24(30)20-11-6-12-22(20)28-26(33)35-13-21-18-9-4-2-7-16(18)17-8-3-5-10-19(17)21/h2-5,7-10,20-23H,6,11-15H2,1H3,(H,28,33)(H,29,30)(H,31,32)/t20-,22+,23?,27?/m0/s1. The molecule has 5 rings (SSSR count). The number of hydrogen-bond acceptors (Lipinski definition) is 5. The SMILES string of the molecule is CC1(C(=O)O)COCC1NC(=O)[C@H]1CCC[C@H]1NC(=O)OCC1c2ccccc2-c2ccccc21. The molecule has 184 valence electrons. The molecule has 1 saturated carbocycles. The maximum Gasteiger partial charge on any atom is 0.407 e. The molecule has 2 unspecified atom stereocenters. The first-order chi connectivity index (χ1) is 16.9. The average Bonchev–Trinajstić information content (AvgIpc) is 3.55. The largest absolute Gasteiger partial charge is 0.481 e. The minimum atomic E-state index is -1.16. The van der Waals surface area contributed by atoms with Crippen molar-refractivity contribution in [2.75, 3.05) is 19.8 Å². The number of hydrogen-bond donors (Lipinski definition) is 3. The second kappa shape index (κ2) is 9.34. The van der Waals surface area contributed by atoms with Crippen molar-refractivity contribution in [2.45, 2.75) is 44.2 Å². The van der Waals surface area contributed by atoms with E-state index in [1.54, 1.807) is 6.92 Å². The Kier molecular flexibility index (Phi) is 6.23. The summed E-state index contributed by atoms with van der Waals surface area (Å²) >= 11 is 0. The lowest BCUT2D eigenvalue weighted by Gasteiger charge is -2.28. The van der Waals surface area contributed by atoms with E-state index in [2.05, 4.69) is 34.9 Å². The molecule has 0 spiro atoms. The van der Waals surface area contributed by atoms with Gasteiger partial charge in [-0.05, 0) is 42.0 Å². The first-order valence-corrected chi connectivity index (χ1v) is 12.1. The van der Waals surface area contributed by atoms with Crippen molar-refractivity contribution in [2.24, 2.45) is 11.3 Å². The molecule has 3 N–H and O–H groups in total. The summed E-state index contributed by atoms with van der Waals surface area (Å²) in [6.45, 7) is 2.00. The first kappa shape index (κ1) is 23.4. The molecule has 2 aliphatic carbocycles. The third-order valence-corrected chi connectivity index (χ3v) is 7.76. The molecule has 3 aliphatic rings. The lowest BCUT2D eigenvalue weighted by molar-refractivity contribution is -0.149. The van der Waals surface area contributed by atoms with Gasteiger partial charge in [-0.3, -0.25) is 9.59 Å². The van der Waals surface area contributed by atoms with Gasteiger partial charge in [-0.1, -0.05) is 55.0 Å². The Morgan fingerprint density at radius 1 is 1.03 bits per heavy atom. The minimum Gasteiger partial charge on any atom is -0.481 e. The fourth-order valence-corrected chi connectivity index (χ4v) is 5.60. The molecule has 1 saturated heterocycles. The maximum absolute atomic E-state index is 13.0. The second-order valence-electron chi connectivity index (χ2n) is 9.91. The van der Waals surface area contributed by atoms with Crippen LogP contribution in [0.4, 0.5) is 4.79 Å². The van der Waals surface area contributed by atoms with Gasteiger partial charge in [0, 0.05) is 12.0 Å². The van der Waals surface area contributed by atoms with Crippen LogP contribution in [-0.4, -0.2) is 55.0 Å². The highest BCUT2D eigenvalue weighted by Crippen LogP contribution is 2.44. The molecule has 0 radical (unpaired) electrons. The average molecular weight is 479 g/mol. The quantitative estimate of drug-likeness (QED) is 0.587. The van der Waals surface area contributed by atoms with Crippen LogP contribution in [0.25, 0.3) is 11.1 Å². The number of amides is 2. The summed E-state index contributed by atoms with van der Waals surface area (Å²) in [5, 5.41) is 15.3. The Bertz CT molecular complexity index is 1100. The molecule has 0 aromatic heterocycles. The number of benzene rings is 2. The van der Waals surface area contributed by atoms with Crippen molar-refractivity contribution < 1.29 is 29.0 Å². The van der Waals surface area contributed by atoms with Crippen LogP contribution < -0.4 is 10.6 Å². The van der Waals surface area contributed by atoms with E-state index in [-0.39, 0.29) is 37.7 Å². The predicted octanol–water partition coefficient (Wildman–Crippen LogP) is 3.30. The summed E-state index contributed by atoms with van der Waals surface area (Å²) in [4.78, 5) is 37.4. The topological polar surface area (TPSA) is 114 Å². The number of fused-ring (bicyclic) bond motifs is 3. The van der Waals surface area contributed by atoms with Crippen molar-refractivity contribution in [3.63, 3.8) is 0 Å². The number of carboxylic acids is 1. The van der Waals surface area contributed by atoms with Gasteiger partial charge in [-0.25, -0.2) is 4.79 Å². The van der Waals surface area contributed by atoms with Gasteiger partial charge < -0.3 is 25.2 Å². The van der Waals surface area contributed by atoms with Gasteiger partial charge >= 0.3 is 12.1 Å². The van der Waals surface area contributed by atoms with Gasteiger partial charge in [0.1, 0.15) is 12.0 Å². The van der Waals surface area contributed by atoms with Crippen molar-refractivity contribution in [1.82, 2.24) is 10.6 Å². The monoisotopic (exact) mass is 478 g/mol. The molecule has 8 heteroatoms. The third-order valence-electron chi connectivity index (χ3n) is 7.76. The van der Waals surface area contributed by atoms with Crippen molar-refractivity contribution in [3.8, 4) is 11.1 Å². The van der Waals surface area contributed by atoms with Crippen molar-refractivity contribution in [1.29, 1.82) is 0 Å². The summed E-state index contributed by atoms with van der Waals surface area (Å²) in [6.07, 6.45) is 1.54. The molecule has 4 atom stereocenters. The van der Waals surface area contributed by atoms with Crippen LogP contribution >= 0.6 is 0 Å². The summed E-state index contributed by atoms with van der Waals surface area (Å²) in [5.41, 5.74) is 3.44. The zero-order chi connectivity index (χ0) is 24.6. The zero-order valence-electron chi connectivity index (χ0n) is 19.7. The summed E-state index contributed by atoms with van der Waals surface area (Å²) < 4.78 is 11.0. The molecule has 1 heterocycles. The van der Waals surface area contributed by atoms with Crippen LogP contribution in [-0.2, 0) is 19.1 Å². The van der Waals surface area contributed by atoms with Crippen LogP contribution in [0.1, 0.15) is 43.2 Å². The van der Waals surface area contributed by atoms with E-state index in [1.165, 1.54) is 0 Å². The molecular formula is C27H30N2O6. The van der Waals surface area contributed by atoms with E-state index in [9.17, 15) is 19.5 Å². The summed E-state index contributed by atoms with van der Waals surface area (Å²) in [6, 6.07) is 15.3. The smallest absolute Gasteiger partial charge is 0.407 e. The normalized spacial score (nSPS) is 27.2. The Balaban J connectivity index is 1.20. The number of carboxylic acid groups (broad SMARTS) is 1. The first-order valence-electron chi connectivity index (χ1n) is 12.1. The van der Waals surface area contributed by atoms with Crippen molar-refractivity contribution in [3.05, 3.63) is 59.7 Å². The van der Waals surface area contributed by atoms with Crippen LogP contribution in [0.15, 0.2) is 48.5 Å². The van der Waals surface area contributed by atoms with Crippen LogP contribution in [0.5, 0.6) is 0 Å². The molecule has 8 nitrogen and oxygen atoms in total. The molecule has 35 heavy (non-hydrogen) atoms. The van der Waals surface area contributed by atoms with Gasteiger partial charge in [-0.15, -0.1) is 0 Å². The van der Waals surface area contributed by atoms with Crippen LogP contribution in [0.3, 0.4) is 0 Å². The zero-order valence-corrected chi connectivity index (χ0v) is 19.7. The lowest BCUT2D eigenvalue weighted by Crippen LogP contribution is -2.53. The van der Waals surface area contributed by atoms with E-state index < -0.39 is 29.4 Å². The molecule has 0 bridgehead atoms. The second-order valence-corrected chi connectivity index (χ2v) is 9.91. The number of nitrogens with one attached hydrogen (secondary N) is 2. The third kappa shape index (κ3) is 4.27. The van der Waals surface area contributed by atoms with Gasteiger partial charge in [0.2, 0.25) is 5.91 Å². The van der Waals surface area contributed by atoms with Gasteiger partial charge in [-0.2, -0.15) is 0 Å². The lowest BCUT2D eigenvalue weighted by atomic mass is 9.85. The number of ether oxygens (including phenoxy) is 2. The maximum atomic E-state index is 13.0. The van der Waals surface area contributed by atoms with Gasteiger partial charge in [0.25, 0.3) is 0 Å². The Morgan fingerprint density at radius 3 is 2.34 bits per heavy atom. The van der Waals surface area contributed by atoms with Gasteiger partial charge in [0.05, 0.1) is 25.2 Å². The highest BCUT2D eigenvalue weighted by atomic mass is 16.5. The van der Waals surface area contributed by atoms with Crippen molar-refractivity contribution >= 4 is 18.0 Å². The molecule has 2 aromatic carbocycles. The number of aliphatic carboxylic acids is 1. The Labute approximate surface area is 204 Å². The van der Waals surface area contributed by atoms with Crippen LogP contribution in [0, 0.1) is 11.3 Å². The molecule has 2 amide bonds. The van der Waals surface area contributed by atoms with E-state index in [1.807, 2.05) is 24.3 Å². The highest BCUT2D eigenvalue weighted by Gasteiger charge is 2.48. The number of rotatable bonds is 6. The summed E-state index contributed by atoms with van der Waals surface area (Å²) in [5.74, 6) is -1.73. The van der Waals surface area contributed by atoms with Gasteiger partial charge in [0.15, 0.2) is 0 Å². The molecule has 1 aliphatic heterocycles. The molecule has 2 aromatic rings. The van der Waals surface area contributed by atoms with Crippen LogP contribution in [0.2, 0.25) is 0 Å². The molecule has 2 fully saturated rings. The van der Waals surface area contributed by atoms with E-state index >= 15 is 0 Å². The fraction of sp³-hybridized carbons (Fsp3) is 0.444. The Morgan fingerprint density at radius 2 is 1.69 bits per heavy atom. The summed E-state index contributed by atoms with van der Waals surface area (Å²) in [7, 11) is 0. The highest BCUT2D eigenvalue weighted by molar-refractivity contribution is 5.83. The Hall–Kier alpha value is -3.39. The fourth-order valence-electron chi connectivity index (χ4n) is 5.60.